The van der Waals surface area contributed by atoms with Gasteiger partial charge >= 0.3 is 0 Å². The number of benzene rings is 1. The Bertz CT molecular complexity index is 1790. The molecule has 9 nitrogen and oxygen atoms in total. The van der Waals surface area contributed by atoms with Gasteiger partial charge in [0.25, 0.3) is 11.6 Å². The molecule has 3 aromatic heterocycles. The number of halogens is 3. The van der Waals surface area contributed by atoms with Crippen LogP contribution in [0.3, 0.4) is 0 Å². The first kappa shape index (κ1) is 25.4. The first-order valence-corrected chi connectivity index (χ1v) is 13.8. The number of fused-ring (bicyclic) bond motifs is 5. The van der Waals surface area contributed by atoms with Crippen LogP contribution in [-0.2, 0) is 18.0 Å². The molecule has 0 amide bonds. The molecule has 4 aromatic rings. The largest absolute Gasteiger partial charge is 0.463 e. The van der Waals surface area contributed by atoms with E-state index in [1.165, 1.54) is 6.21 Å². The first-order valence-electron chi connectivity index (χ1n) is 13.0. The lowest BCUT2D eigenvalue weighted by atomic mass is 9.94. The number of aromatic amines is 1. The minimum atomic E-state index is -0.941. The number of H-pyrrole nitrogens is 1. The van der Waals surface area contributed by atoms with E-state index < -0.39 is 28.9 Å². The van der Waals surface area contributed by atoms with E-state index in [1.54, 1.807) is 7.05 Å². The smallest absolute Gasteiger partial charge is 0.297 e. The van der Waals surface area contributed by atoms with E-state index in [-0.39, 0.29) is 52.7 Å². The second-order valence-corrected chi connectivity index (χ2v) is 11.6. The Labute approximate surface area is 229 Å². The van der Waals surface area contributed by atoms with Gasteiger partial charge in [0.05, 0.1) is 45.7 Å². The molecule has 2 saturated heterocycles. The van der Waals surface area contributed by atoms with Gasteiger partial charge in [-0.1, -0.05) is 0 Å². The van der Waals surface area contributed by atoms with Crippen molar-refractivity contribution in [3.63, 3.8) is 0 Å². The summed E-state index contributed by atoms with van der Waals surface area (Å²) in [4.78, 5) is 30.7. The molecule has 13 heteroatoms. The number of thiophene rings is 1. The maximum absolute atomic E-state index is 16.5. The second kappa shape index (κ2) is 9.25. The minimum Gasteiger partial charge on any atom is -0.463 e. The molecule has 0 radical (unpaired) electrons. The zero-order valence-corrected chi connectivity index (χ0v) is 22.3. The second-order valence-electron chi connectivity index (χ2n) is 10.5. The van der Waals surface area contributed by atoms with E-state index in [1.807, 2.05) is 0 Å². The van der Waals surface area contributed by atoms with Crippen molar-refractivity contribution in [1.29, 1.82) is 0 Å². The number of aromatic nitrogens is 3. The maximum atomic E-state index is 16.5. The molecule has 208 valence electrons. The monoisotopic (exact) mass is 570 g/mol. The van der Waals surface area contributed by atoms with Gasteiger partial charge in [0, 0.05) is 42.7 Å². The third-order valence-corrected chi connectivity index (χ3v) is 9.30. The summed E-state index contributed by atoms with van der Waals surface area (Å²) < 4.78 is 57.4. The fourth-order valence-electron chi connectivity index (χ4n) is 6.54. The number of pyridine rings is 1. The van der Waals surface area contributed by atoms with Gasteiger partial charge in [0.1, 0.15) is 18.3 Å². The number of nitrogens with one attached hydrogen (secondary N) is 1. The van der Waals surface area contributed by atoms with Crippen LogP contribution in [0.2, 0.25) is 0 Å². The minimum absolute atomic E-state index is 0.0370. The molecule has 2 atom stereocenters. The van der Waals surface area contributed by atoms with Crippen LogP contribution in [0.1, 0.15) is 36.0 Å². The van der Waals surface area contributed by atoms with Crippen molar-refractivity contribution in [2.75, 3.05) is 32.5 Å². The Morgan fingerprint density at radius 2 is 2.17 bits per heavy atom. The normalized spacial score (nSPS) is 22.6. The van der Waals surface area contributed by atoms with Crippen molar-refractivity contribution in [2.24, 2.45) is 4.99 Å². The molecule has 0 spiro atoms. The highest BCUT2D eigenvalue weighted by Crippen LogP contribution is 2.45. The van der Waals surface area contributed by atoms with Crippen LogP contribution in [-0.4, -0.2) is 64.5 Å². The number of hydrogen-bond donors (Lipinski definition) is 2. The number of rotatable bonds is 5. The molecule has 0 saturated carbocycles. The lowest BCUT2D eigenvalue weighted by Crippen LogP contribution is -2.43. The number of hydrogen-bond acceptors (Lipinski definition) is 9. The molecular weight excluding hydrogens is 545 g/mol. The Morgan fingerprint density at radius 1 is 1.35 bits per heavy atom. The van der Waals surface area contributed by atoms with Crippen LogP contribution >= 0.6 is 11.3 Å². The molecular formula is C27H25F3N6O3S. The summed E-state index contributed by atoms with van der Waals surface area (Å²) in [6.07, 6.45) is 3.61. The summed E-state index contributed by atoms with van der Waals surface area (Å²) in [6.45, 7) is 1.37. The topological polar surface area (TPSA) is 119 Å². The molecule has 0 aliphatic carbocycles. The maximum Gasteiger partial charge on any atom is 0.297 e. The zero-order chi connectivity index (χ0) is 27.8. The van der Waals surface area contributed by atoms with Crippen LogP contribution < -0.4 is 16.0 Å². The predicted molar refractivity (Wildman–Crippen MR) is 146 cm³/mol. The van der Waals surface area contributed by atoms with E-state index in [4.69, 9.17) is 15.2 Å². The fraction of sp³-hybridized carbons (Fsp3) is 0.407. The van der Waals surface area contributed by atoms with E-state index in [0.717, 1.165) is 36.9 Å². The number of nitrogen functional groups attached to an aromatic ring is 1. The molecule has 3 N–H and O–H groups in total. The average Bonchev–Trinajstić information content (AvgIpc) is 3.68. The van der Waals surface area contributed by atoms with E-state index in [9.17, 15) is 13.6 Å². The van der Waals surface area contributed by atoms with Gasteiger partial charge in [-0.2, -0.15) is 4.98 Å². The van der Waals surface area contributed by atoms with Crippen molar-refractivity contribution in [1.82, 2.24) is 19.9 Å². The summed E-state index contributed by atoms with van der Waals surface area (Å²) >= 11 is 1.02. The average molecular weight is 571 g/mol. The highest BCUT2D eigenvalue weighted by atomic mass is 32.1. The van der Waals surface area contributed by atoms with Crippen molar-refractivity contribution in [3.05, 3.63) is 44.9 Å². The van der Waals surface area contributed by atoms with Gasteiger partial charge in [0.2, 0.25) is 0 Å². The Balaban J connectivity index is 1.40. The van der Waals surface area contributed by atoms with Gasteiger partial charge in [0.15, 0.2) is 11.6 Å². The predicted octanol–water partition coefficient (Wildman–Crippen LogP) is 4.09. The first-order chi connectivity index (χ1) is 19.3. The quantitative estimate of drug-likeness (QED) is 0.347. The lowest BCUT2D eigenvalue weighted by Gasteiger charge is -2.30. The number of anilines is 1. The Kier molecular flexibility index (Phi) is 5.88. The molecule has 2 fully saturated rings. The van der Waals surface area contributed by atoms with Crippen LogP contribution in [0, 0.1) is 11.6 Å². The molecule has 40 heavy (non-hydrogen) atoms. The summed E-state index contributed by atoms with van der Waals surface area (Å²) in [5.74, 6) is -1.39. The van der Waals surface area contributed by atoms with E-state index in [2.05, 4.69) is 24.8 Å². The fourth-order valence-corrected chi connectivity index (χ4v) is 7.48. The molecule has 6 heterocycles. The molecule has 0 bridgehead atoms. The SMILES string of the molecule is CN=Cc1c(N)sc2c(F)cnc(-c3c4c(c5c(=O)[nH]c(OC[C@@]67CCCN6C[C@H](F)C7)nc5c3F)COC4)c12. The number of ether oxygens (including phenoxy) is 2. The third-order valence-electron chi connectivity index (χ3n) is 8.25. The molecule has 0 unspecified atom stereocenters. The van der Waals surface area contributed by atoms with Crippen molar-refractivity contribution < 1.29 is 22.6 Å². The van der Waals surface area contributed by atoms with E-state index in [0.29, 0.717) is 40.0 Å². The van der Waals surface area contributed by atoms with Gasteiger partial charge in [-0.25, -0.2) is 13.2 Å². The summed E-state index contributed by atoms with van der Waals surface area (Å²) in [5, 5.41) is 0.699. The van der Waals surface area contributed by atoms with Gasteiger partial charge < -0.3 is 15.2 Å². The van der Waals surface area contributed by atoms with Crippen molar-refractivity contribution >= 4 is 43.5 Å². The highest BCUT2D eigenvalue weighted by Gasteiger charge is 2.49. The van der Waals surface area contributed by atoms with Crippen LogP contribution in [0.25, 0.3) is 32.2 Å². The highest BCUT2D eigenvalue weighted by molar-refractivity contribution is 7.23. The van der Waals surface area contributed by atoms with Crippen molar-refractivity contribution in [3.8, 4) is 17.3 Å². The van der Waals surface area contributed by atoms with Gasteiger partial charge in [-0.3, -0.25) is 24.7 Å². The molecule has 1 aromatic carbocycles. The summed E-state index contributed by atoms with van der Waals surface area (Å²) in [6, 6.07) is -0.152. The Hall–Kier alpha value is -3.55. The number of nitrogens with two attached hydrogens (primary N) is 1. The number of alkyl halides is 1. The standard InChI is InChI=1S/C27H25F3N6O3S/c1-32-6-13-18-21(33-7-16(29)23(18)40-24(13)31)17-14-9-38-10-15(14)19-22(20(17)30)34-26(35-25(19)37)39-11-27-3-2-4-36(27)8-12(28)5-27/h6-7,12H,2-5,8-11,31H2,1H3,(H,34,35,37)/t12-,27+/m1/s1. The van der Waals surface area contributed by atoms with Crippen LogP contribution in [0.15, 0.2) is 16.0 Å². The zero-order valence-electron chi connectivity index (χ0n) is 21.5. The number of aliphatic imine (C=N–C) groups is 1. The lowest BCUT2D eigenvalue weighted by molar-refractivity contribution is 0.107. The van der Waals surface area contributed by atoms with Crippen LogP contribution in [0.5, 0.6) is 6.01 Å². The summed E-state index contributed by atoms with van der Waals surface area (Å²) in [7, 11) is 1.55. The Morgan fingerprint density at radius 3 is 3.00 bits per heavy atom. The van der Waals surface area contributed by atoms with E-state index >= 15 is 4.39 Å². The van der Waals surface area contributed by atoms with Gasteiger partial charge in [-0.15, -0.1) is 11.3 Å². The molecule has 3 aliphatic heterocycles. The third kappa shape index (κ3) is 3.67. The molecule has 3 aliphatic rings. The van der Waals surface area contributed by atoms with Crippen molar-refractivity contribution in [2.45, 2.75) is 44.2 Å². The van der Waals surface area contributed by atoms with Crippen LogP contribution in [0.4, 0.5) is 18.2 Å². The molecule has 7 rings (SSSR count). The van der Waals surface area contributed by atoms with Gasteiger partial charge in [-0.05, 0) is 30.5 Å². The number of nitrogens with zero attached hydrogens (tertiary/aromatic N) is 4. The summed E-state index contributed by atoms with van der Waals surface area (Å²) in [5.41, 5.74) is 6.51.